The summed E-state index contributed by atoms with van der Waals surface area (Å²) in [4.78, 5) is 28.4. The predicted molar refractivity (Wildman–Crippen MR) is 102 cm³/mol. The number of nitrogen functional groups attached to an aromatic ring is 1. The van der Waals surface area contributed by atoms with E-state index in [-0.39, 0.29) is 16.9 Å². The maximum Gasteiger partial charge on any atom is 0.416 e. The Morgan fingerprint density at radius 2 is 1.86 bits per heavy atom. The highest BCUT2D eigenvalue weighted by atomic mass is 19.4. The molecule has 1 amide bonds. The lowest BCUT2D eigenvalue weighted by molar-refractivity contribution is -0.137. The number of benzene rings is 2. The summed E-state index contributed by atoms with van der Waals surface area (Å²) in [6.45, 7) is 1.53. The van der Waals surface area contributed by atoms with Crippen molar-refractivity contribution in [1.82, 2.24) is 14.9 Å². The smallest absolute Gasteiger partial charge is 0.399 e. The second kappa shape index (κ2) is 7.78. The number of rotatable bonds is 4. The number of aromatic nitrogens is 2. The second-order valence-corrected chi connectivity index (χ2v) is 6.40. The molecule has 1 aromatic heterocycles. The lowest BCUT2D eigenvalue weighted by Gasteiger charge is -2.17. The molecule has 3 rings (SSSR count). The van der Waals surface area contributed by atoms with Crippen LogP contribution in [0.25, 0.3) is 5.69 Å². The number of alkyl halides is 3. The summed E-state index contributed by atoms with van der Waals surface area (Å²) in [5, 5.41) is 2.58. The number of hydrogen-bond acceptors (Lipinski definition) is 4. The van der Waals surface area contributed by atoms with Crippen molar-refractivity contribution >= 4 is 11.6 Å². The van der Waals surface area contributed by atoms with Crippen LogP contribution in [0.4, 0.5) is 18.9 Å². The van der Waals surface area contributed by atoms with Gasteiger partial charge in [-0.05, 0) is 42.8 Å². The number of nitrogens with one attached hydrogen (secondary N) is 1. The van der Waals surface area contributed by atoms with Gasteiger partial charge in [0, 0.05) is 17.6 Å². The number of amides is 1. The van der Waals surface area contributed by atoms with Crippen molar-refractivity contribution in [3.8, 4) is 5.69 Å². The summed E-state index contributed by atoms with van der Waals surface area (Å²) < 4.78 is 40.2. The van der Waals surface area contributed by atoms with Crippen LogP contribution in [0, 0.1) is 0 Å². The first-order chi connectivity index (χ1) is 13.6. The van der Waals surface area contributed by atoms with Crippen LogP contribution >= 0.6 is 0 Å². The van der Waals surface area contributed by atoms with E-state index in [1.165, 1.54) is 23.8 Å². The highest BCUT2D eigenvalue weighted by Crippen LogP contribution is 2.32. The molecule has 0 saturated carbocycles. The first-order valence-corrected chi connectivity index (χ1v) is 8.58. The Labute approximate surface area is 163 Å². The van der Waals surface area contributed by atoms with E-state index < -0.39 is 29.2 Å². The number of halogens is 3. The van der Waals surface area contributed by atoms with Crippen molar-refractivity contribution in [3.05, 3.63) is 88.1 Å². The lowest BCUT2D eigenvalue weighted by Crippen LogP contribution is -2.30. The molecule has 2 aromatic carbocycles. The number of hydrogen-bond donors (Lipinski definition) is 2. The molecule has 0 bridgehead atoms. The Bertz CT molecular complexity index is 1090. The molecule has 0 radical (unpaired) electrons. The van der Waals surface area contributed by atoms with Crippen molar-refractivity contribution in [2.75, 3.05) is 5.73 Å². The molecular weight excluding hydrogens is 385 g/mol. The first kappa shape index (κ1) is 20.1. The molecule has 3 aromatic rings. The van der Waals surface area contributed by atoms with Crippen LogP contribution < -0.4 is 16.6 Å². The Balaban J connectivity index is 1.86. The minimum atomic E-state index is -4.55. The molecule has 0 aliphatic rings. The van der Waals surface area contributed by atoms with Crippen LogP contribution in [0.3, 0.4) is 0 Å². The van der Waals surface area contributed by atoms with Crippen molar-refractivity contribution in [2.24, 2.45) is 0 Å². The van der Waals surface area contributed by atoms with E-state index in [9.17, 15) is 22.8 Å². The predicted octanol–water partition coefficient (Wildman–Crippen LogP) is 3.32. The van der Waals surface area contributed by atoms with E-state index in [0.717, 1.165) is 18.3 Å². The fraction of sp³-hybridized carbons (Fsp3) is 0.150. The quantitative estimate of drug-likeness (QED) is 0.655. The van der Waals surface area contributed by atoms with Crippen LogP contribution in [0.15, 0.2) is 65.7 Å². The molecule has 0 saturated heterocycles. The SMILES string of the molecule is CC(NC(=O)c1cn(-c2ccccc2)c(=O)cn1)c1cc(N)cc(C(F)(F)F)c1. The zero-order chi connectivity index (χ0) is 21.2. The normalized spacial score (nSPS) is 12.4. The van der Waals surface area contributed by atoms with Gasteiger partial charge in [-0.1, -0.05) is 18.2 Å². The van der Waals surface area contributed by atoms with Gasteiger partial charge < -0.3 is 11.1 Å². The highest BCUT2D eigenvalue weighted by molar-refractivity contribution is 5.92. The average molecular weight is 402 g/mol. The summed E-state index contributed by atoms with van der Waals surface area (Å²) in [6.07, 6.45) is -2.27. The zero-order valence-corrected chi connectivity index (χ0v) is 15.3. The molecule has 0 aliphatic heterocycles. The molecular formula is C20H17F3N4O2. The molecule has 0 spiro atoms. The summed E-state index contributed by atoms with van der Waals surface area (Å²) in [6, 6.07) is 11.0. The fourth-order valence-corrected chi connectivity index (χ4v) is 2.76. The van der Waals surface area contributed by atoms with Gasteiger partial charge in [-0.15, -0.1) is 0 Å². The largest absolute Gasteiger partial charge is 0.416 e. The maximum atomic E-state index is 13.0. The maximum absolute atomic E-state index is 13.0. The first-order valence-electron chi connectivity index (χ1n) is 8.58. The van der Waals surface area contributed by atoms with Crippen LogP contribution in [0.5, 0.6) is 0 Å². The van der Waals surface area contributed by atoms with Crippen molar-refractivity contribution in [1.29, 1.82) is 0 Å². The van der Waals surface area contributed by atoms with Gasteiger partial charge in [0.25, 0.3) is 11.5 Å². The molecule has 9 heteroatoms. The molecule has 1 unspecified atom stereocenters. The van der Waals surface area contributed by atoms with Crippen LogP contribution in [-0.2, 0) is 6.18 Å². The Morgan fingerprint density at radius 1 is 1.17 bits per heavy atom. The Kier molecular flexibility index (Phi) is 5.40. The standard InChI is InChI=1S/C20H17F3N4O2/c1-12(13-7-14(20(21,22)23)9-15(24)8-13)26-19(29)17-11-27(18(28)10-25-17)16-5-3-2-4-6-16/h2-12H,24H2,1H3,(H,26,29). The summed E-state index contributed by atoms with van der Waals surface area (Å²) in [5.41, 5.74) is 4.88. The number of para-hydroxylation sites is 1. The van der Waals surface area contributed by atoms with Crippen molar-refractivity contribution in [2.45, 2.75) is 19.1 Å². The summed E-state index contributed by atoms with van der Waals surface area (Å²) in [5.74, 6) is -0.641. The number of nitrogens with zero attached hydrogens (tertiary/aromatic N) is 2. The van der Waals surface area contributed by atoms with Gasteiger partial charge in [0.05, 0.1) is 17.8 Å². The van der Waals surface area contributed by atoms with Crippen molar-refractivity contribution < 1.29 is 18.0 Å². The van der Waals surface area contributed by atoms with E-state index in [0.29, 0.717) is 5.69 Å². The molecule has 3 N–H and O–H groups in total. The van der Waals surface area contributed by atoms with E-state index in [4.69, 9.17) is 5.73 Å². The molecule has 29 heavy (non-hydrogen) atoms. The van der Waals surface area contributed by atoms with Crippen molar-refractivity contribution in [3.63, 3.8) is 0 Å². The lowest BCUT2D eigenvalue weighted by atomic mass is 10.0. The van der Waals surface area contributed by atoms with E-state index in [2.05, 4.69) is 10.3 Å². The van der Waals surface area contributed by atoms with Gasteiger partial charge in [-0.2, -0.15) is 13.2 Å². The molecule has 1 atom stereocenters. The monoisotopic (exact) mass is 402 g/mol. The van der Waals surface area contributed by atoms with Gasteiger partial charge in [-0.25, -0.2) is 4.98 Å². The molecule has 0 aliphatic carbocycles. The van der Waals surface area contributed by atoms with Crippen LogP contribution in [-0.4, -0.2) is 15.5 Å². The van der Waals surface area contributed by atoms with Gasteiger partial charge in [-0.3, -0.25) is 14.2 Å². The van der Waals surface area contributed by atoms with E-state index >= 15 is 0 Å². The minimum absolute atomic E-state index is 0.0553. The zero-order valence-electron chi connectivity index (χ0n) is 15.3. The summed E-state index contributed by atoms with van der Waals surface area (Å²) >= 11 is 0. The number of carbonyl (C=O) groups is 1. The van der Waals surface area contributed by atoms with Crippen LogP contribution in [0.2, 0.25) is 0 Å². The molecule has 0 fully saturated rings. The third-order valence-corrected chi connectivity index (χ3v) is 4.22. The van der Waals surface area contributed by atoms with E-state index in [1.807, 2.05) is 0 Å². The molecule has 6 nitrogen and oxygen atoms in total. The number of anilines is 1. The topological polar surface area (TPSA) is 90.0 Å². The third-order valence-electron chi connectivity index (χ3n) is 4.22. The Morgan fingerprint density at radius 3 is 2.52 bits per heavy atom. The summed E-state index contributed by atoms with van der Waals surface area (Å²) in [7, 11) is 0. The minimum Gasteiger partial charge on any atom is -0.399 e. The highest BCUT2D eigenvalue weighted by Gasteiger charge is 2.31. The number of carbonyl (C=O) groups excluding carboxylic acids is 1. The number of nitrogens with two attached hydrogens (primary N) is 1. The molecule has 1 heterocycles. The Hall–Kier alpha value is -3.62. The molecule has 150 valence electrons. The van der Waals surface area contributed by atoms with E-state index in [1.54, 1.807) is 30.3 Å². The third kappa shape index (κ3) is 4.63. The fourth-order valence-electron chi connectivity index (χ4n) is 2.76. The van der Waals surface area contributed by atoms with Gasteiger partial charge in [0.15, 0.2) is 0 Å². The van der Waals surface area contributed by atoms with Gasteiger partial charge in [0.1, 0.15) is 5.69 Å². The van der Waals surface area contributed by atoms with Gasteiger partial charge in [0.2, 0.25) is 0 Å². The van der Waals surface area contributed by atoms with Gasteiger partial charge >= 0.3 is 6.18 Å². The average Bonchev–Trinajstić information content (AvgIpc) is 2.67. The second-order valence-electron chi connectivity index (χ2n) is 6.40. The van der Waals surface area contributed by atoms with Crippen LogP contribution in [0.1, 0.15) is 34.6 Å².